The van der Waals surface area contributed by atoms with Crippen molar-refractivity contribution in [3.05, 3.63) is 16.7 Å². The monoisotopic (exact) mass is 215 g/mol. The van der Waals surface area contributed by atoms with Gasteiger partial charge in [-0.15, -0.1) is 0 Å². The van der Waals surface area contributed by atoms with Gasteiger partial charge >= 0.3 is 0 Å². The number of carbonyl (C=O) groups is 1. The van der Waals surface area contributed by atoms with Crippen LogP contribution in [-0.2, 0) is 6.42 Å². The number of aromatic amines is 1. The molecule has 0 radical (unpaired) electrons. The van der Waals surface area contributed by atoms with E-state index >= 15 is 0 Å². The predicted octanol–water partition coefficient (Wildman–Crippen LogP) is 1.72. The molecule has 1 N–H and O–H groups in total. The maximum atomic E-state index is 11.5. The Hall–Kier alpha value is -1.03. The van der Waals surface area contributed by atoms with Crippen LogP contribution in [0.25, 0.3) is 0 Å². The van der Waals surface area contributed by atoms with E-state index in [1.165, 1.54) is 4.90 Å². The second-order valence-electron chi connectivity index (χ2n) is 3.30. The van der Waals surface area contributed by atoms with Crippen LogP contribution in [0.4, 0.5) is 0 Å². The third kappa shape index (κ3) is 2.26. The summed E-state index contributed by atoms with van der Waals surface area (Å²) in [6.45, 7) is 2.05. The number of hydrogen-bond acceptors (Lipinski definition) is 2. The van der Waals surface area contributed by atoms with E-state index in [4.69, 9.17) is 11.6 Å². The molecule has 1 heterocycles. The number of nitrogens with one attached hydrogen (secondary N) is 1. The Bertz CT molecular complexity index is 333. The van der Waals surface area contributed by atoms with Gasteiger partial charge < -0.3 is 9.88 Å². The fraction of sp³-hybridized carbons (Fsp3) is 0.556. The van der Waals surface area contributed by atoms with Crippen LogP contribution in [0.3, 0.4) is 0 Å². The third-order valence-electron chi connectivity index (χ3n) is 1.80. The van der Waals surface area contributed by atoms with Crippen LogP contribution in [0.5, 0.6) is 0 Å². The minimum absolute atomic E-state index is 0.173. The van der Waals surface area contributed by atoms with Crippen molar-refractivity contribution in [2.45, 2.75) is 19.8 Å². The summed E-state index contributed by atoms with van der Waals surface area (Å²) in [4.78, 5) is 20.0. The van der Waals surface area contributed by atoms with Crippen LogP contribution in [0, 0.1) is 0 Å². The Labute approximate surface area is 88.3 Å². The Morgan fingerprint density at radius 3 is 2.71 bits per heavy atom. The van der Waals surface area contributed by atoms with E-state index in [1.807, 2.05) is 6.92 Å². The summed E-state index contributed by atoms with van der Waals surface area (Å²) in [5.41, 5.74) is 0.306. The van der Waals surface area contributed by atoms with Gasteiger partial charge in [0.05, 0.1) is 0 Å². The molecule has 0 fully saturated rings. The van der Waals surface area contributed by atoms with Crippen LogP contribution < -0.4 is 0 Å². The van der Waals surface area contributed by atoms with Crippen molar-refractivity contribution in [3.8, 4) is 0 Å². The van der Waals surface area contributed by atoms with Gasteiger partial charge in [-0.25, -0.2) is 4.98 Å². The van der Waals surface area contributed by atoms with Gasteiger partial charge in [-0.1, -0.05) is 18.5 Å². The lowest BCUT2D eigenvalue weighted by Gasteiger charge is -2.07. The minimum atomic E-state index is -0.173. The van der Waals surface area contributed by atoms with Crippen molar-refractivity contribution in [2.24, 2.45) is 0 Å². The normalized spacial score (nSPS) is 10.3. The first-order valence-electron chi connectivity index (χ1n) is 4.52. The van der Waals surface area contributed by atoms with E-state index in [9.17, 15) is 4.79 Å². The number of amides is 1. The number of aryl methyl sites for hydroxylation is 1. The highest BCUT2D eigenvalue weighted by molar-refractivity contribution is 6.32. The van der Waals surface area contributed by atoms with Gasteiger partial charge in [-0.3, -0.25) is 4.79 Å². The van der Waals surface area contributed by atoms with Gasteiger partial charge in [0.1, 0.15) is 11.0 Å². The largest absolute Gasteiger partial charge is 0.343 e. The number of aromatic nitrogens is 2. The average molecular weight is 216 g/mol. The zero-order valence-corrected chi connectivity index (χ0v) is 9.35. The van der Waals surface area contributed by atoms with Gasteiger partial charge in [0.15, 0.2) is 5.69 Å². The summed E-state index contributed by atoms with van der Waals surface area (Å²) in [6, 6.07) is 0. The third-order valence-corrected chi connectivity index (χ3v) is 2.08. The van der Waals surface area contributed by atoms with E-state index in [0.717, 1.165) is 18.7 Å². The predicted molar refractivity (Wildman–Crippen MR) is 55.6 cm³/mol. The molecule has 78 valence electrons. The summed E-state index contributed by atoms with van der Waals surface area (Å²) in [5, 5.41) is 0.326. The Morgan fingerprint density at radius 1 is 1.57 bits per heavy atom. The molecule has 0 aliphatic carbocycles. The Balaban J connectivity index is 2.92. The summed E-state index contributed by atoms with van der Waals surface area (Å²) in [6.07, 6.45) is 1.78. The van der Waals surface area contributed by atoms with Crippen molar-refractivity contribution < 1.29 is 4.79 Å². The maximum absolute atomic E-state index is 11.5. The SMILES string of the molecule is CCCc1nc(C(=O)N(C)C)c(Cl)[nH]1. The average Bonchev–Trinajstić information content (AvgIpc) is 2.46. The number of halogens is 1. The van der Waals surface area contributed by atoms with E-state index in [2.05, 4.69) is 9.97 Å². The molecule has 0 bridgehead atoms. The summed E-state index contributed by atoms with van der Waals surface area (Å²) < 4.78 is 0. The Morgan fingerprint density at radius 2 is 2.21 bits per heavy atom. The summed E-state index contributed by atoms with van der Waals surface area (Å²) in [7, 11) is 3.35. The van der Waals surface area contributed by atoms with Gasteiger partial charge in [-0.05, 0) is 6.42 Å². The zero-order chi connectivity index (χ0) is 10.7. The fourth-order valence-electron chi connectivity index (χ4n) is 1.11. The van der Waals surface area contributed by atoms with E-state index in [-0.39, 0.29) is 5.91 Å². The first-order valence-corrected chi connectivity index (χ1v) is 4.90. The van der Waals surface area contributed by atoms with Gasteiger partial charge in [0.2, 0.25) is 0 Å². The number of nitrogens with zero attached hydrogens (tertiary/aromatic N) is 2. The van der Waals surface area contributed by atoms with Crippen molar-refractivity contribution in [1.82, 2.24) is 14.9 Å². The maximum Gasteiger partial charge on any atom is 0.275 e. The standard InChI is InChI=1S/C9H14ClN3O/c1-4-5-6-11-7(8(10)12-6)9(14)13(2)3/h4-5H2,1-3H3,(H,11,12). The molecular formula is C9H14ClN3O. The molecule has 0 atom stereocenters. The van der Waals surface area contributed by atoms with Crippen LogP contribution in [-0.4, -0.2) is 34.9 Å². The number of hydrogen-bond donors (Lipinski definition) is 1. The number of H-pyrrole nitrogens is 1. The highest BCUT2D eigenvalue weighted by Crippen LogP contribution is 2.14. The van der Waals surface area contributed by atoms with Crippen molar-refractivity contribution in [1.29, 1.82) is 0 Å². The molecular weight excluding hydrogens is 202 g/mol. The van der Waals surface area contributed by atoms with E-state index in [0.29, 0.717) is 10.8 Å². The molecule has 0 aliphatic heterocycles. The van der Waals surface area contributed by atoms with E-state index in [1.54, 1.807) is 14.1 Å². The highest BCUT2D eigenvalue weighted by Gasteiger charge is 2.17. The van der Waals surface area contributed by atoms with Crippen LogP contribution in [0.15, 0.2) is 0 Å². The summed E-state index contributed by atoms with van der Waals surface area (Å²) >= 11 is 5.85. The molecule has 14 heavy (non-hydrogen) atoms. The van der Waals surface area contributed by atoms with Crippen molar-refractivity contribution in [3.63, 3.8) is 0 Å². The van der Waals surface area contributed by atoms with Crippen LogP contribution >= 0.6 is 11.6 Å². The topological polar surface area (TPSA) is 49.0 Å². The molecule has 0 aromatic carbocycles. The highest BCUT2D eigenvalue weighted by atomic mass is 35.5. The first kappa shape index (κ1) is 11.0. The molecule has 0 saturated carbocycles. The molecule has 1 aromatic heterocycles. The van der Waals surface area contributed by atoms with Crippen LogP contribution in [0.1, 0.15) is 29.7 Å². The van der Waals surface area contributed by atoms with Gasteiger partial charge in [-0.2, -0.15) is 0 Å². The first-order chi connectivity index (χ1) is 6.56. The summed E-state index contributed by atoms with van der Waals surface area (Å²) in [5.74, 6) is 0.594. The minimum Gasteiger partial charge on any atom is -0.343 e. The second kappa shape index (κ2) is 4.46. The molecule has 0 aliphatic rings. The smallest absolute Gasteiger partial charge is 0.275 e. The molecule has 0 saturated heterocycles. The molecule has 1 aromatic rings. The molecule has 0 spiro atoms. The number of imidazole rings is 1. The van der Waals surface area contributed by atoms with Gasteiger partial charge in [0, 0.05) is 20.5 Å². The molecule has 0 unspecified atom stereocenters. The zero-order valence-electron chi connectivity index (χ0n) is 8.59. The van der Waals surface area contributed by atoms with Crippen LogP contribution in [0.2, 0.25) is 5.15 Å². The number of rotatable bonds is 3. The quantitative estimate of drug-likeness (QED) is 0.835. The molecule has 1 amide bonds. The fourth-order valence-corrected chi connectivity index (χ4v) is 1.34. The lowest BCUT2D eigenvalue weighted by molar-refractivity contribution is 0.0822. The van der Waals surface area contributed by atoms with Gasteiger partial charge in [0.25, 0.3) is 5.91 Å². The van der Waals surface area contributed by atoms with E-state index < -0.39 is 0 Å². The molecule has 5 heteroatoms. The molecule has 4 nitrogen and oxygen atoms in total. The lowest BCUT2D eigenvalue weighted by atomic mass is 10.3. The lowest BCUT2D eigenvalue weighted by Crippen LogP contribution is -2.22. The second-order valence-corrected chi connectivity index (χ2v) is 3.67. The number of carbonyl (C=O) groups excluding carboxylic acids is 1. The van der Waals surface area contributed by atoms with Crippen molar-refractivity contribution in [2.75, 3.05) is 14.1 Å². The molecule has 1 rings (SSSR count). The Kier molecular flexibility index (Phi) is 3.52. The van der Waals surface area contributed by atoms with Crippen molar-refractivity contribution >= 4 is 17.5 Å².